The molecule has 1 rings (SSSR count). The normalized spacial score (nSPS) is 9.91. The topological polar surface area (TPSA) is 60.9 Å². The Labute approximate surface area is 65.0 Å². The summed E-state index contributed by atoms with van der Waals surface area (Å²) in [6.07, 6.45) is 4.40. The van der Waals surface area contributed by atoms with Gasteiger partial charge in [0.25, 0.3) is 0 Å². The summed E-state index contributed by atoms with van der Waals surface area (Å²) in [5.74, 6) is 5.64. The highest BCUT2D eigenvalue weighted by atomic mass is 16.1. The average Bonchev–Trinajstić information content (AvgIpc) is 2.31. The van der Waals surface area contributed by atoms with Gasteiger partial charge >= 0.3 is 0 Å². The first-order valence-electron chi connectivity index (χ1n) is 3.46. The van der Waals surface area contributed by atoms with Crippen LogP contribution in [0.1, 0.15) is 19.0 Å². The second kappa shape index (κ2) is 3.18. The molecule has 0 spiro atoms. The SMILES string of the molecule is CC(=O)CCc1cncn1N. The van der Waals surface area contributed by atoms with E-state index in [0.29, 0.717) is 12.8 Å². The van der Waals surface area contributed by atoms with Crippen molar-refractivity contribution in [3.05, 3.63) is 18.2 Å². The Kier molecular flexibility index (Phi) is 2.25. The van der Waals surface area contributed by atoms with Crippen molar-refractivity contribution in [3.63, 3.8) is 0 Å². The molecule has 4 heteroatoms. The number of hydrogen-bond acceptors (Lipinski definition) is 3. The van der Waals surface area contributed by atoms with Crippen LogP contribution in [0.15, 0.2) is 12.5 Å². The number of nitrogens with two attached hydrogens (primary N) is 1. The van der Waals surface area contributed by atoms with Gasteiger partial charge in [0.2, 0.25) is 0 Å². The number of carbonyl (C=O) groups is 1. The number of imidazole rings is 1. The van der Waals surface area contributed by atoms with Crippen molar-refractivity contribution in [2.45, 2.75) is 19.8 Å². The minimum atomic E-state index is 0.172. The Balaban J connectivity index is 2.51. The second-order valence-electron chi connectivity index (χ2n) is 2.49. The Morgan fingerprint density at radius 1 is 1.82 bits per heavy atom. The van der Waals surface area contributed by atoms with E-state index in [1.54, 1.807) is 13.1 Å². The number of ketones is 1. The van der Waals surface area contributed by atoms with E-state index in [0.717, 1.165) is 5.69 Å². The zero-order chi connectivity index (χ0) is 8.27. The number of nitrogens with zero attached hydrogens (tertiary/aromatic N) is 2. The van der Waals surface area contributed by atoms with Crippen LogP contribution in [-0.2, 0) is 11.2 Å². The number of rotatable bonds is 3. The number of nitrogen functional groups attached to an aromatic ring is 1. The number of aromatic nitrogens is 2. The van der Waals surface area contributed by atoms with Crippen molar-refractivity contribution in [1.82, 2.24) is 9.66 Å². The van der Waals surface area contributed by atoms with Crippen LogP contribution in [-0.4, -0.2) is 15.4 Å². The van der Waals surface area contributed by atoms with Crippen molar-refractivity contribution in [3.8, 4) is 0 Å². The highest BCUT2D eigenvalue weighted by Gasteiger charge is 2.00. The molecule has 0 bridgehead atoms. The largest absolute Gasteiger partial charge is 0.338 e. The second-order valence-corrected chi connectivity index (χ2v) is 2.49. The summed E-state index contributed by atoms with van der Waals surface area (Å²) in [6.45, 7) is 1.57. The van der Waals surface area contributed by atoms with E-state index in [1.165, 1.54) is 11.0 Å². The van der Waals surface area contributed by atoms with Gasteiger partial charge in [0.1, 0.15) is 12.1 Å². The molecule has 1 aromatic heterocycles. The highest BCUT2D eigenvalue weighted by molar-refractivity contribution is 5.75. The van der Waals surface area contributed by atoms with Gasteiger partial charge in [-0.05, 0) is 13.3 Å². The van der Waals surface area contributed by atoms with Gasteiger partial charge in [-0.3, -0.25) is 4.68 Å². The lowest BCUT2D eigenvalue weighted by Gasteiger charge is -1.98. The summed E-state index contributed by atoms with van der Waals surface area (Å²) >= 11 is 0. The number of Topliss-reactive ketones (excluding diaryl/α,β-unsaturated/α-hetero) is 1. The van der Waals surface area contributed by atoms with Gasteiger partial charge in [-0.2, -0.15) is 0 Å². The highest BCUT2D eigenvalue weighted by Crippen LogP contribution is 1.98. The fourth-order valence-corrected chi connectivity index (χ4v) is 0.830. The van der Waals surface area contributed by atoms with Crippen molar-refractivity contribution in [2.24, 2.45) is 0 Å². The van der Waals surface area contributed by atoms with Crippen LogP contribution in [0.2, 0.25) is 0 Å². The van der Waals surface area contributed by atoms with Crippen molar-refractivity contribution >= 4 is 5.78 Å². The summed E-state index contributed by atoms with van der Waals surface area (Å²) in [4.78, 5) is 14.4. The molecular weight excluding hydrogens is 142 g/mol. The van der Waals surface area contributed by atoms with Crippen LogP contribution in [0.25, 0.3) is 0 Å². The fraction of sp³-hybridized carbons (Fsp3) is 0.429. The maximum absolute atomic E-state index is 10.6. The molecule has 0 radical (unpaired) electrons. The number of hydrogen-bond donors (Lipinski definition) is 1. The van der Waals surface area contributed by atoms with E-state index in [-0.39, 0.29) is 5.78 Å². The van der Waals surface area contributed by atoms with E-state index >= 15 is 0 Å². The van der Waals surface area contributed by atoms with Crippen molar-refractivity contribution in [1.29, 1.82) is 0 Å². The van der Waals surface area contributed by atoms with Crippen molar-refractivity contribution in [2.75, 3.05) is 5.84 Å². The Morgan fingerprint density at radius 2 is 2.55 bits per heavy atom. The van der Waals surface area contributed by atoms with Crippen LogP contribution >= 0.6 is 0 Å². The quantitative estimate of drug-likeness (QED) is 0.627. The van der Waals surface area contributed by atoms with Crippen LogP contribution in [0.5, 0.6) is 0 Å². The lowest BCUT2D eigenvalue weighted by Crippen LogP contribution is -2.11. The van der Waals surface area contributed by atoms with E-state index in [9.17, 15) is 4.79 Å². The van der Waals surface area contributed by atoms with Crippen LogP contribution in [0.3, 0.4) is 0 Å². The monoisotopic (exact) mass is 153 g/mol. The maximum Gasteiger partial charge on any atom is 0.130 e. The summed E-state index contributed by atoms with van der Waals surface area (Å²) in [5, 5.41) is 0. The zero-order valence-corrected chi connectivity index (χ0v) is 6.45. The first kappa shape index (κ1) is 7.78. The minimum absolute atomic E-state index is 0.172. The van der Waals surface area contributed by atoms with Gasteiger partial charge in [-0.1, -0.05) is 0 Å². The molecular formula is C7H11N3O. The standard InChI is InChI=1S/C7H11N3O/c1-6(11)2-3-7-4-9-5-10(7)8/h4-5H,2-3,8H2,1H3. The molecule has 0 atom stereocenters. The molecule has 0 aliphatic carbocycles. The molecule has 0 saturated heterocycles. The average molecular weight is 153 g/mol. The van der Waals surface area contributed by atoms with Gasteiger partial charge in [0, 0.05) is 6.42 Å². The third-order valence-electron chi connectivity index (χ3n) is 1.48. The molecule has 0 saturated carbocycles. The first-order chi connectivity index (χ1) is 5.20. The minimum Gasteiger partial charge on any atom is -0.338 e. The van der Waals surface area contributed by atoms with Gasteiger partial charge in [-0.15, -0.1) is 0 Å². The predicted molar refractivity (Wildman–Crippen MR) is 41.4 cm³/mol. The number of carbonyl (C=O) groups excluding carboxylic acids is 1. The van der Waals surface area contributed by atoms with E-state index in [4.69, 9.17) is 5.84 Å². The maximum atomic E-state index is 10.6. The van der Waals surface area contributed by atoms with Crippen LogP contribution in [0, 0.1) is 0 Å². The Bertz CT molecular complexity index is 254. The molecule has 1 heterocycles. The van der Waals surface area contributed by atoms with E-state index in [2.05, 4.69) is 4.98 Å². The Morgan fingerprint density at radius 3 is 3.00 bits per heavy atom. The van der Waals surface area contributed by atoms with E-state index < -0.39 is 0 Å². The molecule has 4 nitrogen and oxygen atoms in total. The fourth-order valence-electron chi connectivity index (χ4n) is 0.830. The molecule has 0 fully saturated rings. The van der Waals surface area contributed by atoms with Gasteiger partial charge in [0.05, 0.1) is 11.9 Å². The molecule has 11 heavy (non-hydrogen) atoms. The molecule has 0 amide bonds. The summed E-state index contributed by atoms with van der Waals surface area (Å²) in [7, 11) is 0. The van der Waals surface area contributed by atoms with Crippen molar-refractivity contribution < 1.29 is 4.79 Å². The number of aryl methyl sites for hydroxylation is 1. The zero-order valence-electron chi connectivity index (χ0n) is 6.45. The molecule has 60 valence electrons. The van der Waals surface area contributed by atoms with Gasteiger partial charge < -0.3 is 10.6 Å². The first-order valence-corrected chi connectivity index (χ1v) is 3.46. The molecule has 2 N–H and O–H groups in total. The smallest absolute Gasteiger partial charge is 0.130 e. The predicted octanol–water partition coefficient (Wildman–Crippen LogP) is 0.118. The molecule has 0 aliphatic heterocycles. The summed E-state index contributed by atoms with van der Waals surface area (Å²) in [5.41, 5.74) is 0.889. The van der Waals surface area contributed by atoms with Crippen LogP contribution < -0.4 is 5.84 Å². The van der Waals surface area contributed by atoms with E-state index in [1.807, 2.05) is 0 Å². The van der Waals surface area contributed by atoms with Gasteiger partial charge in [0.15, 0.2) is 0 Å². The molecule has 0 aliphatic rings. The summed E-state index contributed by atoms with van der Waals surface area (Å²) in [6, 6.07) is 0. The molecule has 0 unspecified atom stereocenters. The lowest BCUT2D eigenvalue weighted by atomic mass is 10.2. The van der Waals surface area contributed by atoms with Gasteiger partial charge in [-0.25, -0.2) is 4.98 Å². The Hall–Kier alpha value is -1.32. The third-order valence-corrected chi connectivity index (χ3v) is 1.48. The molecule has 1 aromatic rings. The third kappa shape index (κ3) is 2.07. The summed E-state index contributed by atoms with van der Waals surface area (Å²) < 4.78 is 1.43. The van der Waals surface area contributed by atoms with Crippen LogP contribution in [0.4, 0.5) is 0 Å². The molecule has 0 aromatic carbocycles. The lowest BCUT2D eigenvalue weighted by molar-refractivity contribution is -0.116.